The van der Waals surface area contributed by atoms with Gasteiger partial charge in [0.1, 0.15) is 0 Å². The molecular formula is C17H32N4O. The highest BCUT2D eigenvalue weighted by Crippen LogP contribution is 2.47. The summed E-state index contributed by atoms with van der Waals surface area (Å²) in [6, 6.07) is 0.890. The van der Waals surface area contributed by atoms with E-state index >= 15 is 0 Å². The Morgan fingerprint density at radius 3 is 2.45 bits per heavy atom. The number of hydrogen-bond acceptors (Lipinski definition) is 3. The molecule has 0 atom stereocenters. The van der Waals surface area contributed by atoms with Gasteiger partial charge in [-0.05, 0) is 64.7 Å². The molecule has 1 spiro atoms. The fourth-order valence-electron chi connectivity index (χ4n) is 4.29. The number of likely N-dealkylation sites (tertiary alicyclic amines) is 2. The Labute approximate surface area is 135 Å². The molecule has 1 aliphatic carbocycles. The van der Waals surface area contributed by atoms with Crippen LogP contribution in [0.3, 0.4) is 0 Å². The maximum atomic E-state index is 12.2. The molecule has 3 rings (SSSR count). The fraction of sp³-hybridized carbons (Fsp3) is 0.941. The summed E-state index contributed by atoms with van der Waals surface area (Å²) in [6.07, 6.45) is 7.73. The van der Waals surface area contributed by atoms with Crippen LogP contribution in [0.25, 0.3) is 0 Å². The largest absolute Gasteiger partial charge is 0.337 e. The molecule has 2 amide bonds. The molecule has 2 aliphatic heterocycles. The first kappa shape index (κ1) is 16.1. The summed E-state index contributed by atoms with van der Waals surface area (Å²) in [6.45, 7) is 6.05. The van der Waals surface area contributed by atoms with Gasteiger partial charge in [-0.15, -0.1) is 0 Å². The predicted octanol–water partition coefficient (Wildman–Crippen LogP) is 1.60. The first-order valence-electron chi connectivity index (χ1n) is 9.00. The minimum atomic E-state index is 0.159. The molecule has 126 valence electrons. The smallest absolute Gasteiger partial charge is 0.317 e. The Balaban J connectivity index is 1.31. The summed E-state index contributed by atoms with van der Waals surface area (Å²) in [7, 11) is 4.34. The quantitative estimate of drug-likeness (QED) is 0.857. The van der Waals surface area contributed by atoms with Gasteiger partial charge in [0.15, 0.2) is 0 Å². The lowest BCUT2D eigenvalue weighted by Gasteiger charge is -2.38. The lowest BCUT2D eigenvalue weighted by Crippen LogP contribution is -2.46. The molecule has 0 radical (unpaired) electrons. The molecule has 0 unspecified atom stereocenters. The van der Waals surface area contributed by atoms with Crippen LogP contribution >= 0.6 is 0 Å². The van der Waals surface area contributed by atoms with Crippen LogP contribution in [0.1, 0.15) is 38.5 Å². The summed E-state index contributed by atoms with van der Waals surface area (Å²) in [4.78, 5) is 19.1. The highest BCUT2D eigenvalue weighted by atomic mass is 16.2. The predicted molar refractivity (Wildman–Crippen MR) is 89.0 cm³/mol. The van der Waals surface area contributed by atoms with E-state index in [9.17, 15) is 4.79 Å². The lowest BCUT2D eigenvalue weighted by atomic mass is 9.68. The van der Waals surface area contributed by atoms with Crippen molar-refractivity contribution in [3.63, 3.8) is 0 Å². The zero-order valence-corrected chi connectivity index (χ0v) is 14.3. The van der Waals surface area contributed by atoms with Crippen molar-refractivity contribution in [2.45, 2.75) is 44.6 Å². The van der Waals surface area contributed by atoms with Crippen molar-refractivity contribution in [3.05, 3.63) is 0 Å². The zero-order valence-electron chi connectivity index (χ0n) is 14.3. The Kier molecular flexibility index (Phi) is 4.93. The summed E-state index contributed by atoms with van der Waals surface area (Å²) in [5.74, 6) is 0. The third-order valence-electron chi connectivity index (χ3n) is 6.13. The van der Waals surface area contributed by atoms with Crippen molar-refractivity contribution in [1.82, 2.24) is 20.0 Å². The highest BCUT2D eigenvalue weighted by Gasteiger charge is 2.44. The molecule has 2 saturated heterocycles. The number of nitrogens with one attached hydrogen (secondary N) is 1. The standard InChI is InChI=1S/C17H32N4O/c1-19(2)15-4-10-20(11-5-15)13-9-18-16(22)21-12-8-17(14-21)6-3-7-17/h15H,3-14H2,1-2H3,(H,18,22). The van der Waals surface area contributed by atoms with Crippen LogP contribution in [-0.2, 0) is 0 Å². The molecule has 0 aromatic heterocycles. The number of nitrogens with zero attached hydrogens (tertiary/aromatic N) is 3. The van der Waals surface area contributed by atoms with Crippen molar-refractivity contribution < 1.29 is 4.79 Å². The molecular weight excluding hydrogens is 276 g/mol. The number of piperidine rings is 1. The van der Waals surface area contributed by atoms with E-state index in [1.807, 2.05) is 4.90 Å². The summed E-state index contributed by atoms with van der Waals surface area (Å²) in [5, 5.41) is 3.13. The van der Waals surface area contributed by atoms with E-state index in [1.165, 1.54) is 38.5 Å². The SMILES string of the molecule is CN(C)C1CCN(CCNC(=O)N2CCC3(CCC3)C2)CC1. The van der Waals surface area contributed by atoms with Gasteiger partial charge in [-0.3, -0.25) is 0 Å². The topological polar surface area (TPSA) is 38.8 Å². The summed E-state index contributed by atoms with van der Waals surface area (Å²) in [5.41, 5.74) is 0.505. The third kappa shape index (κ3) is 3.57. The van der Waals surface area contributed by atoms with Crippen LogP contribution in [0.4, 0.5) is 4.79 Å². The zero-order chi connectivity index (χ0) is 15.6. The maximum Gasteiger partial charge on any atom is 0.317 e. The molecule has 0 aromatic carbocycles. The Morgan fingerprint density at radius 2 is 1.91 bits per heavy atom. The van der Waals surface area contributed by atoms with Crippen LogP contribution in [-0.4, -0.2) is 80.1 Å². The van der Waals surface area contributed by atoms with Gasteiger partial charge in [0.2, 0.25) is 0 Å². The van der Waals surface area contributed by atoms with Gasteiger partial charge in [0.05, 0.1) is 0 Å². The average molecular weight is 308 g/mol. The van der Waals surface area contributed by atoms with Crippen LogP contribution in [0.5, 0.6) is 0 Å². The first-order valence-corrected chi connectivity index (χ1v) is 9.00. The van der Waals surface area contributed by atoms with E-state index in [1.54, 1.807) is 0 Å². The van der Waals surface area contributed by atoms with E-state index < -0.39 is 0 Å². The first-order chi connectivity index (χ1) is 10.6. The average Bonchev–Trinajstić information content (AvgIpc) is 2.93. The van der Waals surface area contributed by atoms with E-state index in [0.717, 1.165) is 45.3 Å². The van der Waals surface area contributed by atoms with E-state index in [0.29, 0.717) is 5.41 Å². The molecule has 1 saturated carbocycles. The van der Waals surface area contributed by atoms with Crippen molar-refractivity contribution >= 4 is 6.03 Å². The monoisotopic (exact) mass is 308 g/mol. The molecule has 5 nitrogen and oxygen atoms in total. The third-order valence-corrected chi connectivity index (χ3v) is 6.13. The van der Waals surface area contributed by atoms with Crippen LogP contribution in [0.15, 0.2) is 0 Å². The Morgan fingerprint density at radius 1 is 1.18 bits per heavy atom. The molecule has 22 heavy (non-hydrogen) atoms. The van der Waals surface area contributed by atoms with Gasteiger partial charge in [-0.25, -0.2) is 4.79 Å². The maximum absolute atomic E-state index is 12.2. The van der Waals surface area contributed by atoms with E-state index in [4.69, 9.17) is 0 Å². The number of rotatable bonds is 4. The van der Waals surface area contributed by atoms with Gasteiger partial charge < -0.3 is 20.0 Å². The van der Waals surface area contributed by atoms with Gasteiger partial charge in [-0.1, -0.05) is 6.42 Å². The normalized spacial score (nSPS) is 25.7. The minimum Gasteiger partial charge on any atom is -0.337 e. The number of carbonyl (C=O) groups is 1. The molecule has 1 N–H and O–H groups in total. The van der Waals surface area contributed by atoms with Crippen LogP contribution in [0.2, 0.25) is 0 Å². The molecule has 5 heteroatoms. The fourth-order valence-corrected chi connectivity index (χ4v) is 4.29. The Bertz CT molecular complexity index is 386. The minimum absolute atomic E-state index is 0.159. The van der Waals surface area contributed by atoms with Crippen LogP contribution in [0, 0.1) is 5.41 Å². The second-order valence-corrected chi connectivity index (χ2v) is 7.79. The second-order valence-electron chi connectivity index (χ2n) is 7.79. The molecule has 0 aromatic rings. The van der Waals surface area contributed by atoms with Gasteiger partial charge >= 0.3 is 6.03 Å². The number of hydrogen-bond donors (Lipinski definition) is 1. The van der Waals surface area contributed by atoms with Gasteiger partial charge in [0, 0.05) is 32.2 Å². The van der Waals surface area contributed by atoms with Crippen LogP contribution < -0.4 is 5.32 Å². The molecule has 0 bridgehead atoms. The highest BCUT2D eigenvalue weighted by molar-refractivity contribution is 5.74. The number of urea groups is 1. The number of amides is 2. The van der Waals surface area contributed by atoms with Crippen molar-refractivity contribution in [2.75, 3.05) is 53.4 Å². The molecule has 2 heterocycles. The number of carbonyl (C=O) groups excluding carboxylic acids is 1. The van der Waals surface area contributed by atoms with Gasteiger partial charge in [-0.2, -0.15) is 0 Å². The van der Waals surface area contributed by atoms with Gasteiger partial charge in [0.25, 0.3) is 0 Å². The van der Waals surface area contributed by atoms with E-state index in [-0.39, 0.29) is 6.03 Å². The van der Waals surface area contributed by atoms with E-state index in [2.05, 4.69) is 29.2 Å². The Hall–Kier alpha value is -0.810. The summed E-state index contributed by atoms with van der Waals surface area (Å²) >= 11 is 0. The molecule has 3 fully saturated rings. The van der Waals surface area contributed by atoms with Crippen molar-refractivity contribution in [2.24, 2.45) is 5.41 Å². The van der Waals surface area contributed by atoms with Crippen molar-refractivity contribution in [1.29, 1.82) is 0 Å². The summed E-state index contributed by atoms with van der Waals surface area (Å²) < 4.78 is 0. The second kappa shape index (κ2) is 6.75. The molecule has 3 aliphatic rings. The van der Waals surface area contributed by atoms with Crippen molar-refractivity contribution in [3.8, 4) is 0 Å². The lowest BCUT2D eigenvalue weighted by molar-refractivity contribution is 0.137.